The second-order valence-electron chi connectivity index (χ2n) is 11.3. The minimum atomic E-state index is -0.399. The number of hydrogen-bond donors (Lipinski definition) is 1. The highest BCUT2D eigenvalue weighted by molar-refractivity contribution is 7.80. The number of anilines is 2. The molecule has 0 spiro atoms. The molecule has 4 atom stereocenters. The number of rotatable bonds is 6. The van der Waals surface area contributed by atoms with Crippen LogP contribution in [0.25, 0.3) is 11.3 Å². The number of pyridine rings is 1. The van der Waals surface area contributed by atoms with Crippen LogP contribution < -0.4 is 15.1 Å². The van der Waals surface area contributed by atoms with Gasteiger partial charge in [0, 0.05) is 30.5 Å². The van der Waals surface area contributed by atoms with Crippen LogP contribution in [0.15, 0.2) is 83.4 Å². The third-order valence-electron chi connectivity index (χ3n) is 8.00. The van der Waals surface area contributed by atoms with Gasteiger partial charge in [-0.05, 0) is 85.1 Å². The van der Waals surface area contributed by atoms with Gasteiger partial charge in [0.05, 0.1) is 35.1 Å². The molecule has 0 radical (unpaired) electrons. The Labute approximate surface area is 256 Å². The molecule has 0 aliphatic carbocycles. The monoisotopic (exact) mass is 600 g/mol. The number of thiocarbonyl (C=S) groups is 1. The quantitative estimate of drug-likeness (QED) is 0.181. The molecule has 2 aromatic carbocycles. The number of benzene rings is 2. The summed E-state index contributed by atoms with van der Waals surface area (Å²) in [4.78, 5) is 21.2. The predicted molar refractivity (Wildman–Crippen MR) is 170 cm³/mol. The molecule has 2 aliphatic heterocycles. The molecule has 42 heavy (non-hydrogen) atoms. The van der Waals surface area contributed by atoms with Gasteiger partial charge in [-0.3, -0.25) is 4.98 Å². The second-order valence-corrected chi connectivity index (χ2v) is 12.1. The fraction of sp³-hybridized carbons (Fsp3) is 0.303. The van der Waals surface area contributed by atoms with Gasteiger partial charge in [-0.25, -0.2) is 4.79 Å². The lowest BCUT2D eigenvalue weighted by molar-refractivity contribution is 0.0601. The lowest BCUT2D eigenvalue weighted by atomic mass is 9.91. The zero-order valence-corrected chi connectivity index (χ0v) is 25.4. The van der Waals surface area contributed by atoms with Crippen molar-refractivity contribution in [2.75, 3.05) is 30.0 Å². The van der Waals surface area contributed by atoms with Gasteiger partial charge in [0.2, 0.25) is 0 Å². The summed E-state index contributed by atoms with van der Waals surface area (Å²) in [5, 5.41) is 4.73. The van der Waals surface area contributed by atoms with E-state index in [1.54, 1.807) is 18.3 Å². The van der Waals surface area contributed by atoms with E-state index in [0.717, 1.165) is 35.7 Å². The molecular formula is C33H33ClN4O3S. The summed E-state index contributed by atoms with van der Waals surface area (Å²) in [6.45, 7) is 6.57. The van der Waals surface area contributed by atoms with Gasteiger partial charge in [-0.15, -0.1) is 0 Å². The molecule has 7 nitrogen and oxygen atoms in total. The molecule has 0 unspecified atom stereocenters. The van der Waals surface area contributed by atoms with E-state index in [4.69, 9.17) is 33.0 Å². The van der Waals surface area contributed by atoms with E-state index in [2.05, 4.69) is 46.1 Å². The minimum Gasteiger partial charge on any atom is -0.465 e. The Balaban J connectivity index is 1.38. The molecule has 1 N–H and O–H groups in total. The number of nitrogens with one attached hydrogen (secondary N) is 1. The Hall–Kier alpha value is -3.88. The van der Waals surface area contributed by atoms with Crippen molar-refractivity contribution in [3.05, 3.63) is 101 Å². The van der Waals surface area contributed by atoms with Gasteiger partial charge in [0.1, 0.15) is 17.6 Å². The number of ether oxygens (including phenoxy) is 1. The normalized spacial score (nSPS) is 22.2. The van der Waals surface area contributed by atoms with Crippen molar-refractivity contribution in [2.24, 2.45) is 11.8 Å². The first kappa shape index (κ1) is 28.2. The van der Waals surface area contributed by atoms with Crippen LogP contribution in [0.1, 0.15) is 54.2 Å². The number of piperidine rings is 1. The van der Waals surface area contributed by atoms with E-state index in [1.807, 2.05) is 48.5 Å². The molecule has 2 aromatic heterocycles. The van der Waals surface area contributed by atoms with E-state index in [9.17, 15) is 4.79 Å². The van der Waals surface area contributed by atoms with Crippen molar-refractivity contribution in [2.45, 2.75) is 32.4 Å². The SMILES string of the molecule is COC(=O)c1cccc(-c2ccc([C@H]3[C@H](c4ccccn4)NC(=S)N3c3ccc(N4C[C@H](C)C[C@H](C)C4)c(Cl)c3)o2)c1. The van der Waals surface area contributed by atoms with Crippen molar-refractivity contribution in [3.63, 3.8) is 0 Å². The highest BCUT2D eigenvalue weighted by Gasteiger charge is 2.43. The summed E-state index contributed by atoms with van der Waals surface area (Å²) in [5.41, 5.74) is 3.98. The van der Waals surface area contributed by atoms with Crippen LogP contribution in [0.4, 0.5) is 11.4 Å². The first-order valence-corrected chi connectivity index (χ1v) is 14.9. The number of carbonyl (C=O) groups excluding carboxylic acids is 1. The first-order valence-electron chi connectivity index (χ1n) is 14.2. The number of carbonyl (C=O) groups is 1. The Kier molecular flexibility index (Phi) is 7.92. The zero-order chi connectivity index (χ0) is 29.4. The van der Waals surface area contributed by atoms with Crippen LogP contribution >= 0.6 is 23.8 Å². The van der Waals surface area contributed by atoms with Crippen LogP contribution in [0, 0.1) is 11.8 Å². The molecule has 4 heterocycles. The largest absolute Gasteiger partial charge is 0.465 e. The highest BCUT2D eigenvalue weighted by Crippen LogP contribution is 2.44. The molecule has 0 saturated carbocycles. The van der Waals surface area contributed by atoms with E-state index in [-0.39, 0.29) is 12.1 Å². The summed E-state index contributed by atoms with van der Waals surface area (Å²) in [5.74, 6) is 2.17. The number of methoxy groups -OCH3 is 1. The van der Waals surface area contributed by atoms with Crippen molar-refractivity contribution < 1.29 is 13.9 Å². The Bertz CT molecular complexity index is 1600. The second kappa shape index (κ2) is 11.8. The average molecular weight is 601 g/mol. The molecule has 4 aromatic rings. The van der Waals surface area contributed by atoms with Gasteiger partial charge in [-0.2, -0.15) is 0 Å². The molecular weight excluding hydrogens is 568 g/mol. The highest BCUT2D eigenvalue weighted by atomic mass is 35.5. The summed E-state index contributed by atoms with van der Waals surface area (Å²) in [6.07, 6.45) is 3.01. The Morgan fingerprint density at radius 1 is 1.05 bits per heavy atom. The predicted octanol–water partition coefficient (Wildman–Crippen LogP) is 7.44. The van der Waals surface area contributed by atoms with E-state index >= 15 is 0 Å². The fourth-order valence-electron chi connectivity index (χ4n) is 6.27. The molecule has 0 bridgehead atoms. The molecule has 6 rings (SSSR count). The zero-order valence-electron chi connectivity index (χ0n) is 23.8. The van der Waals surface area contributed by atoms with Gasteiger partial charge in [0.15, 0.2) is 5.11 Å². The lowest BCUT2D eigenvalue weighted by Crippen LogP contribution is -2.38. The molecule has 216 valence electrons. The third kappa shape index (κ3) is 5.49. The summed E-state index contributed by atoms with van der Waals surface area (Å²) in [6, 6.07) is 22.5. The fourth-order valence-corrected chi connectivity index (χ4v) is 6.91. The van der Waals surface area contributed by atoms with E-state index in [1.165, 1.54) is 13.5 Å². The Morgan fingerprint density at radius 3 is 2.57 bits per heavy atom. The van der Waals surface area contributed by atoms with E-state index < -0.39 is 5.97 Å². The van der Waals surface area contributed by atoms with Crippen molar-refractivity contribution in [1.82, 2.24) is 10.3 Å². The van der Waals surface area contributed by atoms with E-state index in [0.29, 0.717) is 39.1 Å². The van der Waals surface area contributed by atoms with Crippen LogP contribution in [-0.2, 0) is 4.74 Å². The molecule has 0 amide bonds. The van der Waals surface area contributed by atoms with Crippen molar-refractivity contribution in [1.29, 1.82) is 0 Å². The maximum Gasteiger partial charge on any atom is 0.337 e. The Morgan fingerprint density at radius 2 is 1.86 bits per heavy atom. The smallest absolute Gasteiger partial charge is 0.337 e. The van der Waals surface area contributed by atoms with Crippen molar-refractivity contribution in [3.8, 4) is 11.3 Å². The number of aromatic nitrogens is 1. The maximum absolute atomic E-state index is 12.1. The minimum absolute atomic E-state index is 0.263. The van der Waals surface area contributed by atoms with Crippen LogP contribution in [0.3, 0.4) is 0 Å². The van der Waals surface area contributed by atoms with Gasteiger partial charge in [0.25, 0.3) is 0 Å². The van der Waals surface area contributed by atoms with Crippen molar-refractivity contribution >= 4 is 46.3 Å². The third-order valence-corrected chi connectivity index (χ3v) is 8.62. The summed E-state index contributed by atoms with van der Waals surface area (Å²) < 4.78 is 11.4. The first-order chi connectivity index (χ1) is 20.3. The molecule has 9 heteroatoms. The van der Waals surface area contributed by atoms with Crippen LogP contribution in [0.2, 0.25) is 5.02 Å². The topological polar surface area (TPSA) is 70.8 Å². The van der Waals surface area contributed by atoms with Crippen LogP contribution in [-0.4, -0.2) is 36.3 Å². The lowest BCUT2D eigenvalue weighted by Gasteiger charge is -2.37. The molecule has 2 fully saturated rings. The van der Waals surface area contributed by atoms with Gasteiger partial charge in [-0.1, -0.05) is 43.6 Å². The summed E-state index contributed by atoms with van der Waals surface area (Å²) >= 11 is 12.9. The summed E-state index contributed by atoms with van der Waals surface area (Å²) in [7, 11) is 1.37. The standard InChI is InChI=1S/C33H33ClN4O3S/c1-20-15-21(2)19-37(18-20)27-11-10-24(17-25(27)34)38-31(30(36-33(38)42)26-9-4-5-14-35-26)29-13-12-28(41-29)22-7-6-8-23(16-22)32(39)40-3/h4-14,16-17,20-21,30-31H,15,18-19H2,1-3H3,(H,36,42)/t20-,21+,30-,31-/m0/s1. The molecule has 2 saturated heterocycles. The van der Waals surface area contributed by atoms with Gasteiger partial charge >= 0.3 is 5.97 Å². The number of nitrogens with zero attached hydrogens (tertiary/aromatic N) is 3. The average Bonchev–Trinajstić information content (AvgIpc) is 3.61. The molecule has 2 aliphatic rings. The maximum atomic E-state index is 12.1. The number of furan rings is 1. The number of halogens is 1. The number of hydrogen-bond acceptors (Lipinski definition) is 6. The van der Waals surface area contributed by atoms with Crippen LogP contribution in [0.5, 0.6) is 0 Å². The number of esters is 1. The van der Waals surface area contributed by atoms with Gasteiger partial charge < -0.3 is 24.3 Å².